The van der Waals surface area contributed by atoms with Crippen LogP contribution in [0.1, 0.15) is 35.4 Å². The molecule has 0 aliphatic carbocycles. The number of benzene rings is 1. The quantitative estimate of drug-likeness (QED) is 0.405. The Morgan fingerprint density at radius 1 is 0.947 bits per heavy atom. The summed E-state index contributed by atoms with van der Waals surface area (Å²) < 4.78 is 0. The van der Waals surface area contributed by atoms with Crippen LogP contribution in [0.15, 0.2) is 55.0 Å². The molecule has 2 aliphatic rings. The minimum atomic E-state index is -0.245. The van der Waals surface area contributed by atoms with E-state index in [-0.39, 0.29) is 5.91 Å². The number of piperidine rings is 1. The highest BCUT2D eigenvalue weighted by Gasteiger charge is 2.18. The van der Waals surface area contributed by atoms with Gasteiger partial charge in [0.15, 0.2) is 5.69 Å². The van der Waals surface area contributed by atoms with Crippen molar-refractivity contribution in [1.29, 1.82) is 0 Å². The minimum absolute atomic E-state index is 0.245. The van der Waals surface area contributed by atoms with E-state index in [4.69, 9.17) is 0 Å². The number of anilines is 2. The lowest BCUT2D eigenvalue weighted by molar-refractivity contribution is 0.102. The van der Waals surface area contributed by atoms with Crippen molar-refractivity contribution in [2.45, 2.75) is 25.8 Å². The van der Waals surface area contributed by atoms with Gasteiger partial charge in [-0.3, -0.25) is 24.8 Å². The fourth-order valence-corrected chi connectivity index (χ4v) is 5.35. The molecule has 2 N–H and O–H groups in total. The number of nitrogens with zero attached hydrogens (tertiary/aromatic N) is 6. The van der Waals surface area contributed by atoms with E-state index in [1.807, 2.05) is 42.7 Å². The van der Waals surface area contributed by atoms with Gasteiger partial charge in [-0.1, -0.05) is 6.07 Å². The molecule has 4 aromatic rings. The highest BCUT2D eigenvalue weighted by molar-refractivity contribution is 6.11. The number of carbonyl (C=O) groups excluding carboxylic acids is 1. The normalized spacial score (nSPS) is 17.1. The number of piperazine rings is 1. The molecule has 1 amide bonds. The Balaban J connectivity index is 1.20. The third-order valence-electron chi connectivity index (χ3n) is 7.61. The molecule has 2 saturated heterocycles. The topological polar surface area (TPSA) is 93.3 Å². The number of amides is 1. The molecule has 2 fully saturated rings. The van der Waals surface area contributed by atoms with Crippen LogP contribution in [0, 0.1) is 0 Å². The highest BCUT2D eigenvalue weighted by Crippen LogP contribution is 2.29. The summed E-state index contributed by atoms with van der Waals surface area (Å²) in [5.74, 6) is -0.245. The van der Waals surface area contributed by atoms with E-state index in [0.717, 1.165) is 84.9 Å². The number of aromatic amines is 1. The van der Waals surface area contributed by atoms with Crippen molar-refractivity contribution in [3.8, 4) is 11.1 Å². The number of nitrogens with one attached hydrogen (secondary N) is 2. The molecule has 38 heavy (non-hydrogen) atoms. The van der Waals surface area contributed by atoms with E-state index < -0.39 is 0 Å². The van der Waals surface area contributed by atoms with Crippen molar-refractivity contribution in [2.75, 3.05) is 56.5 Å². The molecular weight excluding hydrogens is 476 g/mol. The Kier molecular flexibility index (Phi) is 7.02. The number of carbonyl (C=O) groups is 1. The minimum Gasteiger partial charge on any atom is -0.370 e. The molecule has 5 heterocycles. The van der Waals surface area contributed by atoms with Crippen LogP contribution in [-0.2, 0) is 6.54 Å². The SMILES string of the molecule is CN1CCN(Cc2cc(NC(=O)c3n[nH]c4ccc(-c5cncc(N6CCCCC6)c5)cc34)ccn2)CC1. The van der Waals surface area contributed by atoms with Crippen molar-refractivity contribution in [2.24, 2.45) is 0 Å². The maximum Gasteiger partial charge on any atom is 0.276 e. The lowest BCUT2D eigenvalue weighted by atomic mass is 10.0. The van der Waals surface area contributed by atoms with Gasteiger partial charge in [0.2, 0.25) is 0 Å². The smallest absolute Gasteiger partial charge is 0.276 e. The first-order chi connectivity index (χ1) is 18.6. The summed E-state index contributed by atoms with van der Waals surface area (Å²) in [6.07, 6.45) is 9.31. The Labute approximate surface area is 222 Å². The van der Waals surface area contributed by atoms with Crippen LogP contribution in [0.5, 0.6) is 0 Å². The van der Waals surface area contributed by atoms with Crippen LogP contribution >= 0.6 is 0 Å². The van der Waals surface area contributed by atoms with Gasteiger partial charge in [0, 0.05) is 74.8 Å². The summed E-state index contributed by atoms with van der Waals surface area (Å²) in [4.78, 5) is 29.5. The third-order valence-corrected chi connectivity index (χ3v) is 7.61. The van der Waals surface area contributed by atoms with Crippen molar-refractivity contribution < 1.29 is 4.79 Å². The van der Waals surface area contributed by atoms with Gasteiger partial charge in [0.05, 0.1) is 23.1 Å². The number of likely N-dealkylation sites (N-methyl/N-ethyl adjacent to an activating group) is 1. The standard InChI is InChI=1S/C29H34N8O/c1-35-11-13-36(14-12-35)20-24-17-23(7-8-31-24)32-29(38)28-26-16-21(5-6-27(26)33-34-28)22-15-25(19-30-18-22)37-9-3-2-4-10-37/h5-8,15-19H,2-4,9-14,20H2,1H3,(H,33,34)(H,31,32,38). The fraction of sp³-hybridized carbons (Fsp3) is 0.379. The van der Waals surface area contributed by atoms with E-state index in [2.05, 4.69) is 53.3 Å². The van der Waals surface area contributed by atoms with Crippen LogP contribution in [0.3, 0.4) is 0 Å². The number of hydrogen-bond donors (Lipinski definition) is 2. The molecule has 6 rings (SSSR count). The Hall–Kier alpha value is -3.82. The summed E-state index contributed by atoms with van der Waals surface area (Å²) in [6.45, 7) is 7.08. The highest BCUT2D eigenvalue weighted by atomic mass is 16.1. The Morgan fingerprint density at radius 2 is 1.79 bits per heavy atom. The van der Waals surface area contributed by atoms with Crippen molar-refractivity contribution in [3.05, 3.63) is 66.4 Å². The van der Waals surface area contributed by atoms with Gasteiger partial charge in [0.25, 0.3) is 5.91 Å². The monoisotopic (exact) mass is 510 g/mol. The number of H-pyrrole nitrogens is 1. The molecule has 0 unspecified atom stereocenters. The zero-order chi connectivity index (χ0) is 25.9. The van der Waals surface area contributed by atoms with Crippen molar-refractivity contribution >= 4 is 28.2 Å². The van der Waals surface area contributed by atoms with Gasteiger partial charge >= 0.3 is 0 Å². The maximum atomic E-state index is 13.3. The number of fused-ring (bicyclic) bond motifs is 1. The fourth-order valence-electron chi connectivity index (χ4n) is 5.35. The number of hydrogen-bond acceptors (Lipinski definition) is 7. The maximum absolute atomic E-state index is 13.3. The molecule has 0 bridgehead atoms. The van der Waals surface area contributed by atoms with Gasteiger partial charge in [-0.05, 0) is 62.2 Å². The third kappa shape index (κ3) is 5.39. The lowest BCUT2D eigenvalue weighted by Gasteiger charge is -2.32. The van der Waals surface area contributed by atoms with Crippen LogP contribution in [0.2, 0.25) is 0 Å². The largest absolute Gasteiger partial charge is 0.370 e. The van der Waals surface area contributed by atoms with Crippen LogP contribution < -0.4 is 10.2 Å². The zero-order valence-corrected chi connectivity index (χ0v) is 21.9. The predicted octanol–water partition coefficient (Wildman–Crippen LogP) is 4.01. The molecule has 3 aromatic heterocycles. The van der Waals surface area contributed by atoms with Crippen molar-refractivity contribution in [3.63, 3.8) is 0 Å². The first kappa shape index (κ1) is 24.5. The van der Waals surface area contributed by atoms with E-state index in [0.29, 0.717) is 5.69 Å². The average molecular weight is 511 g/mol. The first-order valence-electron chi connectivity index (χ1n) is 13.5. The molecule has 0 spiro atoms. The molecule has 196 valence electrons. The van der Waals surface area contributed by atoms with Gasteiger partial charge < -0.3 is 15.1 Å². The number of rotatable bonds is 6. The van der Waals surface area contributed by atoms with E-state index in [1.165, 1.54) is 19.3 Å². The summed E-state index contributed by atoms with van der Waals surface area (Å²) >= 11 is 0. The average Bonchev–Trinajstić information content (AvgIpc) is 3.39. The molecule has 9 nitrogen and oxygen atoms in total. The lowest BCUT2D eigenvalue weighted by Crippen LogP contribution is -2.44. The Bertz CT molecular complexity index is 1420. The van der Waals surface area contributed by atoms with E-state index in [1.54, 1.807) is 6.20 Å². The predicted molar refractivity (Wildman–Crippen MR) is 150 cm³/mol. The van der Waals surface area contributed by atoms with Crippen molar-refractivity contribution in [1.82, 2.24) is 30.0 Å². The first-order valence-corrected chi connectivity index (χ1v) is 13.5. The van der Waals surface area contributed by atoms with E-state index >= 15 is 0 Å². The molecule has 0 atom stereocenters. The van der Waals surface area contributed by atoms with Gasteiger partial charge in [-0.25, -0.2) is 0 Å². The molecule has 1 aromatic carbocycles. The molecule has 9 heteroatoms. The summed E-state index contributed by atoms with van der Waals surface area (Å²) in [5.41, 5.74) is 6.06. The second kappa shape index (κ2) is 10.9. The number of pyridine rings is 2. The second-order valence-electron chi connectivity index (χ2n) is 10.4. The van der Waals surface area contributed by atoms with Crippen LogP contribution in [-0.4, -0.2) is 82.2 Å². The summed E-state index contributed by atoms with van der Waals surface area (Å²) in [7, 11) is 2.15. The van der Waals surface area contributed by atoms with Crippen LogP contribution in [0.25, 0.3) is 22.0 Å². The zero-order valence-electron chi connectivity index (χ0n) is 21.9. The van der Waals surface area contributed by atoms with Gasteiger partial charge in [0.1, 0.15) is 0 Å². The summed E-state index contributed by atoms with van der Waals surface area (Å²) in [6, 6.07) is 12.0. The summed E-state index contributed by atoms with van der Waals surface area (Å²) in [5, 5.41) is 11.2. The van der Waals surface area contributed by atoms with Crippen LogP contribution in [0.4, 0.5) is 11.4 Å². The van der Waals surface area contributed by atoms with E-state index in [9.17, 15) is 4.79 Å². The molecule has 0 saturated carbocycles. The number of aromatic nitrogens is 4. The van der Waals surface area contributed by atoms with Gasteiger partial charge in [-0.2, -0.15) is 5.10 Å². The Morgan fingerprint density at radius 3 is 2.63 bits per heavy atom. The molecule has 2 aliphatic heterocycles. The van der Waals surface area contributed by atoms with Gasteiger partial charge in [-0.15, -0.1) is 0 Å². The second-order valence-corrected chi connectivity index (χ2v) is 10.4. The molecule has 0 radical (unpaired) electrons. The molecular formula is C29H34N8O.